The Balaban J connectivity index is 1.36. The number of carbonyl (C=O) groups is 1. The molecule has 1 unspecified atom stereocenters. The topological polar surface area (TPSA) is 63.9 Å². The van der Waals surface area contributed by atoms with Crippen molar-refractivity contribution in [2.45, 2.75) is 48.5 Å². The van der Waals surface area contributed by atoms with E-state index in [2.05, 4.69) is 39.7 Å². The van der Waals surface area contributed by atoms with Gasteiger partial charge in [-0.15, -0.1) is 21.5 Å². The lowest BCUT2D eigenvalue weighted by atomic mass is 10.0. The summed E-state index contributed by atoms with van der Waals surface area (Å²) in [6.07, 6.45) is 2.33. The molecule has 154 valence electrons. The summed E-state index contributed by atoms with van der Waals surface area (Å²) in [5.41, 5.74) is 1.04. The highest BCUT2D eigenvalue weighted by molar-refractivity contribution is 8.00. The van der Waals surface area contributed by atoms with E-state index in [-0.39, 0.29) is 5.91 Å². The zero-order valence-electron chi connectivity index (χ0n) is 16.7. The molecule has 2 aromatic heterocycles. The SMILES string of the molecule is CCn1c(CSc2nc3ccccc3s2)nnc1SCC(=O)N1CCCC(C)C1. The first-order chi connectivity index (χ1) is 14.1. The molecule has 0 saturated carbocycles. The van der Waals surface area contributed by atoms with E-state index in [1.54, 1.807) is 23.1 Å². The molecule has 1 aromatic carbocycles. The maximum atomic E-state index is 12.6. The molecule has 0 spiro atoms. The smallest absolute Gasteiger partial charge is 0.233 e. The molecular weight excluding hydrogens is 422 g/mol. The third kappa shape index (κ3) is 4.95. The Morgan fingerprint density at radius 3 is 2.93 bits per heavy atom. The fraction of sp³-hybridized carbons (Fsp3) is 0.500. The molecule has 1 atom stereocenters. The van der Waals surface area contributed by atoms with Crippen LogP contribution in [0, 0.1) is 5.92 Å². The molecule has 1 saturated heterocycles. The van der Waals surface area contributed by atoms with Crippen molar-refractivity contribution in [1.29, 1.82) is 0 Å². The third-order valence-electron chi connectivity index (χ3n) is 5.04. The number of para-hydroxylation sites is 1. The Hall–Kier alpha value is -1.58. The van der Waals surface area contributed by atoms with E-state index in [1.165, 1.54) is 22.9 Å². The molecule has 0 radical (unpaired) electrons. The molecule has 1 aliphatic rings. The Bertz CT molecular complexity index is 953. The molecule has 0 bridgehead atoms. The second kappa shape index (κ2) is 9.49. The van der Waals surface area contributed by atoms with Crippen LogP contribution in [0.1, 0.15) is 32.5 Å². The summed E-state index contributed by atoms with van der Waals surface area (Å²) in [5, 5.41) is 9.56. The lowest BCUT2D eigenvalue weighted by molar-refractivity contribution is -0.130. The monoisotopic (exact) mass is 447 g/mol. The van der Waals surface area contributed by atoms with E-state index in [0.29, 0.717) is 11.7 Å². The normalized spacial score (nSPS) is 17.2. The van der Waals surface area contributed by atoms with Crippen LogP contribution in [0.4, 0.5) is 0 Å². The van der Waals surface area contributed by atoms with Crippen LogP contribution in [0.3, 0.4) is 0 Å². The molecule has 1 aliphatic heterocycles. The van der Waals surface area contributed by atoms with Gasteiger partial charge in [0.25, 0.3) is 0 Å². The van der Waals surface area contributed by atoms with E-state index >= 15 is 0 Å². The first kappa shape index (κ1) is 20.7. The molecule has 4 rings (SSSR count). The van der Waals surface area contributed by atoms with Crippen molar-refractivity contribution in [3.63, 3.8) is 0 Å². The van der Waals surface area contributed by atoms with Crippen LogP contribution in [0.2, 0.25) is 0 Å². The standard InChI is InChI=1S/C20H25N5OS3/c1-3-25-17(12-28-20-21-15-8-4-5-9-16(15)29-20)22-23-19(25)27-13-18(26)24-10-6-7-14(2)11-24/h4-5,8-9,14H,3,6-7,10-13H2,1-2H3. The summed E-state index contributed by atoms with van der Waals surface area (Å²) in [6, 6.07) is 8.19. The van der Waals surface area contributed by atoms with Crippen LogP contribution in [0.5, 0.6) is 0 Å². The van der Waals surface area contributed by atoms with Gasteiger partial charge in [-0.1, -0.05) is 42.6 Å². The average Bonchev–Trinajstić information content (AvgIpc) is 3.33. The van der Waals surface area contributed by atoms with Gasteiger partial charge in [0.05, 0.1) is 21.7 Å². The summed E-state index contributed by atoms with van der Waals surface area (Å²) in [6.45, 7) is 6.86. The van der Waals surface area contributed by atoms with Crippen molar-refractivity contribution in [2.24, 2.45) is 5.92 Å². The Morgan fingerprint density at radius 2 is 2.14 bits per heavy atom. The molecule has 1 amide bonds. The number of benzene rings is 1. The van der Waals surface area contributed by atoms with Gasteiger partial charge in [-0.2, -0.15) is 0 Å². The first-order valence-corrected chi connectivity index (χ1v) is 12.7. The van der Waals surface area contributed by atoms with Gasteiger partial charge >= 0.3 is 0 Å². The van der Waals surface area contributed by atoms with Gasteiger partial charge in [0.2, 0.25) is 5.91 Å². The van der Waals surface area contributed by atoms with Gasteiger partial charge in [0.1, 0.15) is 5.82 Å². The van der Waals surface area contributed by atoms with Gasteiger partial charge in [-0.05, 0) is 37.8 Å². The van der Waals surface area contributed by atoms with Crippen LogP contribution >= 0.6 is 34.9 Å². The third-order valence-corrected chi connectivity index (χ3v) is 8.17. The van der Waals surface area contributed by atoms with E-state index in [1.807, 2.05) is 23.1 Å². The number of nitrogens with zero attached hydrogens (tertiary/aromatic N) is 5. The van der Waals surface area contributed by atoms with Crippen LogP contribution in [-0.2, 0) is 17.1 Å². The maximum Gasteiger partial charge on any atom is 0.233 e. The van der Waals surface area contributed by atoms with E-state index in [0.717, 1.165) is 52.6 Å². The zero-order chi connectivity index (χ0) is 20.2. The number of piperidine rings is 1. The van der Waals surface area contributed by atoms with Gasteiger partial charge in [0.15, 0.2) is 9.50 Å². The molecule has 9 heteroatoms. The zero-order valence-corrected chi connectivity index (χ0v) is 19.2. The molecule has 29 heavy (non-hydrogen) atoms. The fourth-order valence-corrected chi connectivity index (χ4v) is 6.45. The van der Waals surface area contributed by atoms with Crippen molar-refractivity contribution in [1.82, 2.24) is 24.6 Å². The summed E-state index contributed by atoms with van der Waals surface area (Å²) < 4.78 is 4.35. The summed E-state index contributed by atoms with van der Waals surface area (Å²) in [7, 11) is 0. The highest BCUT2D eigenvalue weighted by Crippen LogP contribution is 2.31. The highest BCUT2D eigenvalue weighted by Gasteiger charge is 2.22. The maximum absolute atomic E-state index is 12.6. The molecular formula is C20H25N5OS3. The van der Waals surface area contributed by atoms with Crippen molar-refractivity contribution >= 4 is 51.0 Å². The van der Waals surface area contributed by atoms with Crippen molar-refractivity contribution < 1.29 is 4.79 Å². The molecule has 1 fully saturated rings. The Labute approximate surface area is 183 Å². The van der Waals surface area contributed by atoms with Gasteiger partial charge < -0.3 is 9.47 Å². The van der Waals surface area contributed by atoms with Crippen LogP contribution in [0.15, 0.2) is 33.8 Å². The fourth-order valence-electron chi connectivity index (χ4n) is 3.52. The van der Waals surface area contributed by atoms with Gasteiger partial charge in [-0.3, -0.25) is 4.79 Å². The minimum atomic E-state index is 0.206. The second-order valence-electron chi connectivity index (χ2n) is 7.26. The Kier molecular flexibility index (Phi) is 6.77. The predicted octanol–water partition coefficient (Wildman–Crippen LogP) is 4.55. The summed E-state index contributed by atoms with van der Waals surface area (Å²) in [4.78, 5) is 19.2. The summed E-state index contributed by atoms with van der Waals surface area (Å²) in [5.74, 6) is 2.88. The van der Waals surface area contributed by atoms with Crippen LogP contribution in [-0.4, -0.2) is 49.4 Å². The lowest BCUT2D eigenvalue weighted by Gasteiger charge is -2.30. The number of amides is 1. The highest BCUT2D eigenvalue weighted by atomic mass is 32.2. The second-order valence-corrected chi connectivity index (χ2v) is 10.5. The number of carbonyl (C=O) groups excluding carboxylic acids is 1. The number of fused-ring (bicyclic) bond motifs is 1. The number of thioether (sulfide) groups is 2. The van der Waals surface area contributed by atoms with E-state index in [4.69, 9.17) is 0 Å². The van der Waals surface area contributed by atoms with E-state index in [9.17, 15) is 4.79 Å². The Morgan fingerprint density at radius 1 is 1.28 bits per heavy atom. The van der Waals surface area contributed by atoms with Crippen LogP contribution in [0.25, 0.3) is 10.2 Å². The number of likely N-dealkylation sites (tertiary alicyclic amines) is 1. The largest absolute Gasteiger partial charge is 0.342 e. The molecule has 3 aromatic rings. The van der Waals surface area contributed by atoms with Crippen molar-refractivity contribution in [3.8, 4) is 0 Å². The number of aromatic nitrogens is 4. The minimum absolute atomic E-state index is 0.206. The molecule has 0 N–H and O–H groups in total. The molecule has 6 nitrogen and oxygen atoms in total. The first-order valence-electron chi connectivity index (χ1n) is 9.95. The molecule has 3 heterocycles. The summed E-state index contributed by atoms with van der Waals surface area (Å²) >= 11 is 4.89. The van der Waals surface area contributed by atoms with Gasteiger partial charge in [-0.25, -0.2) is 4.98 Å². The van der Waals surface area contributed by atoms with Crippen LogP contribution < -0.4 is 0 Å². The number of hydrogen-bond acceptors (Lipinski definition) is 7. The molecule has 0 aliphatic carbocycles. The van der Waals surface area contributed by atoms with E-state index < -0.39 is 0 Å². The number of thiazole rings is 1. The average molecular weight is 448 g/mol. The predicted molar refractivity (Wildman–Crippen MR) is 121 cm³/mol. The lowest BCUT2D eigenvalue weighted by Crippen LogP contribution is -2.40. The minimum Gasteiger partial charge on any atom is -0.342 e. The quantitative estimate of drug-likeness (QED) is 0.495. The van der Waals surface area contributed by atoms with Crippen molar-refractivity contribution in [3.05, 3.63) is 30.1 Å². The number of rotatable bonds is 7. The van der Waals surface area contributed by atoms with Crippen molar-refractivity contribution in [2.75, 3.05) is 18.8 Å². The van der Waals surface area contributed by atoms with Gasteiger partial charge in [0, 0.05) is 19.6 Å². The number of hydrogen-bond donors (Lipinski definition) is 0.